The van der Waals surface area contributed by atoms with Crippen LogP contribution >= 0.6 is 46.4 Å². The summed E-state index contributed by atoms with van der Waals surface area (Å²) in [5, 5.41) is 3.72. The summed E-state index contributed by atoms with van der Waals surface area (Å²) in [7, 11) is -4.34. The Morgan fingerprint density at radius 1 is 0.800 bits per heavy atom. The fourth-order valence-electron chi connectivity index (χ4n) is 4.71. The molecule has 4 rings (SSSR count). The van der Waals surface area contributed by atoms with Crippen molar-refractivity contribution in [3.05, 3.63) is 128 Å². The molecule has 2 amide bonds. The van der Waals surface area contributed by atoms with E-state index in [0.717, 1.165) is 15.4 Å². The summed E-state index contributed by atoms with van der Waals surface area (Å²) in [5.74, 6) is -1.05. The van der Waals surface area contributed by atoms with Crippen LogP contribution in [0.4, 0.5) is 5.69 Å². The summed E-state index contributed by atoms with van der Waals surface area (Å²) >= 11 is 25.2. The van der Waals surface area contributed by atoms with Crippen molar-refractivity contribution in [2.24, 2.45) is 0 Å². The number of aryl methyl sites for hydroxylation is 1. The molecule has 0 bridgehead atoms. The molecular weight excluding hydrogens is 676 g/mol. The van der Waals surface area contributed by atoms with Crippen LogP contribution in [0.15, 0.2) is 95.9 Å². The minimum Gasteiger partial charge on any atom is -0.355 e. The summed E-state index contributed by atoms with van der Waals surface area (Å²) < 4.78 is 29.2. The van der Waals surface area contributed by atoms with Gasteiger partial charge in [0.05, 0.1) is 25.7 Å². The van der Waals surface area contributed by atoms with Gasteiger partial charge < -0.3 is 10.2 Å². The molecule has 0 saturated heterocycles. The first-order chi connectivity index (χ1) is 21.4. The van der Waals surface area contributed by atoms with E-state index in [2.05, 4.69) is 5.32 Å². The number of amides is 2. The molecule has 0 aliphatic carbocycles. The fourth-order valence-corrected chi connectivity index (χ4v) is 6.89. The van der Waals surface area contributed by atoms with Gasteiger partial charge in [-0.2, -0.15) is 0 Å². The molecule has 0 aromatic heterocycles. The second kappa shape index (κ2) is 15.3. The zero-order chi connectivity index (χ0) is 32.7. The SMILES string of the molecule is CCNC(=O)[C@@H](Cc1ccccc1)N(Cc1ccc(Cl)c(Cl)c1)C(=O)CN(c1cc(Cl)ccc1Cl)S(=O)(=O)c1ccc(C)cc1. The van der Waals surface area contributed by atoms with Gasteiger partial charge in [-0.05, 0) is 67.4 Å². The number of carbonyl (C=O) groups excluding carboxylic acids is 2. The van der Waals surface area contributed by atoms with Crippen LogP contribution < -0.4 is 9.62 Å². The summed E-state index contributed by atoms with van der Waals surface area (Å²) in [4.78, 5) is 29.4. The van der Waals surface area contributed by atoms with Crippen LogP contribution in [0.25, 0.3) is 0 Å². The third kappa shape index (κ3) is 8.71. The summed E-state index contributed by atoms with van der Waals surface area (Å²) in [6, 6.07) is 23.7. The summed E-state index contributed by atoms with van der Waals surface area (Å²) in [5.41, 5.74) is 2.28. The number of rotatable bonds is 12. The van der Waals surface area contributed by atoms with Crippen LogP contribution in [0.5, 0.6) is 0 Å². The Morgan fingerprint density at radius 2 is 1.47 bits per heavy atom. The number of anilines is 1. The Labute approximate surface area is 283 Å². The van der Waals surface area contributed by atoms with Crippen LogP contribution in [0, 0.1) is 6.92 Å². The average Bonchev–Trinajstić information content (AvgIpc) is 3.01. The number of sulfonamides is 1. The van der Waals surface area contributed by atoms with Crippen LogP contribution in [0.3, 0.4) is 0 Å². The number of hydrogen-bond donors (Lipinski definition) is 1. The van der Waals surface area contributed by atoms with Gasteiger partial charge in [0.15, 0.2) is 0 Å². The predicted molar refractivity (Wildman–Crippen MR) is 182 cm³/mol. The molecule has 0 unspecified atom stereocenters. The first-order valence-corrected chi connectivity index (χ1v) is 17.0. The van der Waals surface area contributed by atoms with Crippen molar-refractivity contribution in [1.82, 2.24) is 10.2 Å². The molecule has 12 heteroatoms. The summed E-state index contributed by atoms with van der Waals surface area (Å²) in [6.07, 6.45) is 0.169. The third-order valence-corrected chi connectivity index (χ3v) is 10.1. The molecule has 0 fully saturated rings. The van der Waals surface area contributed by atoms with E-state index in [4.69, 9.17) is 46.4 Å². The van der Waals surface area contributed by atoms with Gasteiger partial charge in [-0.25, -0.2) is 8.42 Å². The van der Waals surface area contributed by atoms with Crippen molar-refractivity contribution in [2.75, 3.05) is 17.4 Å². The van der Waals surface area contributed by atoms with Crippen molar-refractivity contribution in [3.63, 3.8) is 0 Å². The molecule has 0 heterocycles. The number of nitrogens with zero attached hydrogens (tertiary/aromatic N) is 2. The van der Waals surface area contributed by atoms with Gasteiger partial charge in [0, 0.05) is 24.5 Å². The molecule has 0 saturated carbocycles. The molecule has 7 nitrogen and oxygen atoms in total. The molecular formula is C33H31Cl4N3O4S. The highest BCUT2D eigenvalue weighted by Crippen LogP contribution is 2.34. The highest BCUT2D eigenvalue weighted by Gasteiger charge is 2.35. The van der Waals surface area contributed by atoms with Gasteiger partial charge in [-0.1, -0.05) is 100 Å². The average molecular weight is 708 g/mol. The van der Waals surface area contributed by atoms with E-state index in [1.165, 1.54) is 35.2 Å². The second-order valence-corrected chi connectivity index (χ2v) is 13.8. The lowest BCUT2D eigenvalue weighted by atomic mass is 10.0. The lowest BCUT2D eigenvalue weighted by Crippen LogP contribution is -2.53. The summed E-state index contributed by atoms with van der Waals surface area (Å²) in [6.45, 7) is 3.19. The smallest absolute Gasteiger partial charge is 0.264 e. The Hall–Kier alpha value is -3.27. The molecule has 45 heavy (non-hydrogen) atoms. The Kier molecular flexibility index (Phi) is 11.8. The number of halogens is 4. The largest absolute Gasteiger partial charge is 0.355 e. The number of hydrogen-bond acceptors (Lipinski definition) is 4. The van der Waals surface area contributed by atoms with Crippen molar-refractivity contribution in [1.29, 1.82) is 0 Å². The van der Waals surface area contributed by atoms with E-state index < -0.39 is 34.4 Å². The van der Waals surface area contributed by atoms with Crippen LogP contribution in [0.1, 0.15) is 23.6 Å². The van der Waals surface area contributed by atoms with Crippen molar-refractivity contribution >= 4 is 73.9 Å². The van der Waals surface area contributed by atoms with Crippen molar-refractivity contribution in [2.45, 2.75) is 37.8 Å². The fraction of sp³-hybridized carbons (Fsp3) is 0.212. The lowest BCUT2D eigenvalue weighted by molar-refractivity contribution is -0.140. The van der Waals surface area contributed by atoms with E-state index in [-0.39, 0.29) is 38.6 Å². The van der Waals surface area contributed by atoms with Crippen molar-refractivity contribution < 1.29 is 18.0 Å². The molecule has 1 N–H and O–H groups in total. The molecule has 4 aromatic rings. The standard InChI is InChI=1S/C33H31Cl4N3O4S/c1-3-38-33(42)31(18-23-7-5-4-6-8-23)39(20-24-11-15-27(35)29(37)17-24)32(41)21-40(30-19-25(34)12-16-28(30)36)45(43,44)26-13-9-22(2)10-14-26/h4-17,19,31H,3,18,20-21H2,1-2H3,(H,38,42)/t31-/m1/s1. The minimum atomic E-state index is -4.34. The monoisotopic (exact) mass is 705 g/mol. The first-order valence-electron chi connectivity index (χ1n) is 14.0. The maximum atomic E-state index is 14.5. The third-order valence-electron chi connectivity index (χ3n) is 7.02. The maximum absolute atomic E-state index is 14.5. The van der Waals surface area contributed by atoms with Crippen LogP contribution in [-0.2, 0) is 32.6 Å². The Morgan fingerprint density at radius 3 is 2.11 bits per heavy atom. The number of nitrogens with one attached hydrogen (secondary N) is 1. The van der Waals surface area contributed by atoms with E-state index in [1.807, 2.05) is 37.3 Å². The van der Waals surface area contributed by atoms with E-state index in [1.54, 1.807) is 37.3 Å². The van der Waals surface area contributed by atoms with E-state index in [0.29, 0.717) is 17.1 Å². The van der Waals surface area contributed by atoms with Gasteiger partial charge in [-0.3, -0.25) is 13.9 Å². The molecule has 0 aliphatic rings. The second-order valence-electron chi connectivity index (χ2n) is 10.3. The van der Waals surface area contributed by atoms with Gasteiger partial charge in [0.25, 0.3) is 10.0 Å². The predicted octanol–water partition coefficient (Wildman–Crippen LogP) is 7.58. The number of likely N-dealkylation sites (N-methyl/N-ethyl adjacent to an activating group) is 1. The van der Waals surface area contributed by atoms with Crippen molar-refractivity contribution in [3.8, 4) is 0 Å². The quantitative estimate of drug-likeness (QED) is 0.165. The number of carbonyl (C=O) groups is 2. The van der Waals surface area contributed by atoms with E-state index in [9.17, 15) is 18.0 Å². The first kappa shape index (κ1) is 34.6. The molecule has 1 atom stereocenters. The highest BCUT2D eigenvalue weighted by atomic mass is 35.5. The molecule has 0 spiro atoms. The zero-order valence-corrected chi connectivity index (χ0v) is 28.4. The minimum absolute atomic E-state index is 0.0187. The normalized spacial score (nSPS) is 12.0. The highest BCUT2D eigenvalue weighted by molar-refractivity contribution is 7.92. The molecule has 0 radical (unpaired) electrons. The maximum Gasteiger partial charge on any atom is 0.264 e. The van der Waals surface area contributed by atoms with E-state index >= 15 is 0 Å². The lowest BCUT2D eigenvalue weighted by Gasteiger charge is -2.34. The Bertz CT molecular complexity index is 1770. The van der Waals surface area contributed by atoms with Crippen LogP contribution in [-0.4, -0.2) is 44.3 Å². The molecule has 236 valence electrons. The van der Waals surface area contributed by atoms with Gasteiger partial charge in [0.1, 0.15) is 12.6 Å². The van der Waals surface area contributed by atoms with Crippen LogP contribution in [0.2, 0.25) is 20.1 Å². The number of benzene rings is 4. The van der Waals surface area contributed by atoms with Gasteiger partial charge in [-0.15, -0.1) is 0 Å². The molecule has 4 aromatic carbocycles. The van der Waals surface area contributed by atoms with Gasteiger partial charge >= 0.3 is 0 Å². The van der Waals surface area contributed by atoms with Gasteiger partial charge in [0.2, 0.25) is 11.8 Å². The Balaban J connectivity index is 1.84. The topological polar surface area (TPSA) is 86.8 Å². The zero-order valence-electron chi connectivity index (χ0n) is 24.5. The molecule has 0 aliphatic heterocycles.